The Morgan fingerprint density at radius 1 is 1.35 bits per heavy atom. The third-order valence-corrected chi connectivity index (χ3v) is 7.00. The summed E-state index contributed by atoms with van der Waals surface area (Å²) in [6.07, 6.45) is -0.445. The van der Waals surface area contributed by atoms with Gasteiger partial charge in [-0.05, 0) is 20.8 Å². The first-order valence-corrected chi connectivity index (χ1v) is 9.85. The zero-order valence-corrected chi connectivity index (χ0v) is 15.0. The van der Waals surface area contributed by atoms with Gasteiger partial charge < -0.3 is 18.1 Å². The Labute approximate surface area is 130 Å². The normalized spacial score (nSPS) is 21.9. The molecular formula is C10H20Cl2O6P2. The summed E-state index contributed by atoms with van der Waals surface area (Å²) in [5.41, 5.74) is 0. The van der Waals surface area contributed by atoms with Crippen LogP contribution in [0.1, 0.15) is 20.8 Å². The molecule has 20 heavy (non-hydrogen) atoms. The maximum Gasteiger partial charge on any atom is 0.362 e. The van der Waals surface area contributed by atoms with Gasteiger partial charge in [0.15, 0.2) is 5.34 Å². The largest absolute Gasteiger partial charge is 0.362 e. The van der Waals surface area contributed by atoms with E-state index >= 15 is 0 Å². The van der Waals surface area contributed by atoms with Crippen LogP contribution in [0.2, 0.25) is 0 Å². The van der Waals surface area contributed by atoms with Crippen LogP contribution in [0, 0.1) is 0 Å². The number of alkyl halides is 2. The summed E-state index contributed by atoms with van der Waals surface area (Å²) in [5.74, 6) is 0.381. The Kier molecular flexibility index (Phi) is 8.22. The fourth-order valence-electron chi connectivity index (χ4n) is 1.28. The van der Waals surface area contributed by atoms with Crippen LogP contribution in [0.4, 0.5) is 0 Å². The molecule has 120 valence electrons. The van der Waals surface area contributed by atoms with Gasteiger partial charge in [-0.15, -0.1) is 23.2 Å². The molecule has 0 amide bonds. The zero-order chi connectivity index (χ0) is 15.2. The number of halogens is 2. The molecule has 0 saturated carbocycles. The van der Waals surface area contributed by atoms with Crippen molar-refractivity contribution in [3.63, 3.8) is 0 Å². The van der Waals surface area contributed by atoms with Crippen molar-refractivity contribution in [3.8, 4) is 0 Å². The molecule has 1 aliphatic rings. The molecule has 0 aromatic heterocycles. The van der Waals surface area contributed by atoms with Gasteiger partial charge in [0.05, 0.1) is 25.9 Å². The first-order chi connectivity index (χ1) is 9.34. The number of hydrogen-bond donors (Lipinski definition) is 0. The van der Waals surface area contributed by atoms with E-state index in [2.05, 4.69) is 0 Å². The number of rotatable bonds is 9. The SMILES string of the molecule is CC(CCl)OP(=O)(OCCCl)C(C)(C)OP1OCCO1. The van der Waals surface area contributed by atoms with E-state index in [1.165, 1.54) is 0 Å². The van der Waals surface area contributed by atoms with Crippen LogP contribution in [0.3, 0.4) is 0 Å². The summed E-state index contributed by atoms with van der Waals surface area (Å²) in [5, 5.41) is -1.23. The third-order valence-electron chi connectivity index (χ3n) is 2.31. The molecule has 1 saturated heterocycles. The molecule has 10 heteroatoms. The summed E-state index contributed by atoms with van der Waals surface area (Å²) in [4.78, 5) is 0. The van der Waals surface area contributed by atoms with E-state index in [9.17, 15) is 4.57 Å². The summed E-state index contributed by atoms with van der Waals surface area (Å²) in [7, 11) is -5.14. The molecule has 0 spiro atoms. The summed E-state index contributed by atoms with van der Waals surface area (Å²) in [6.45, 7) is 5.90. The fraction of sp³-hybridized carbons (Fsp3) is 1.00. The average Bonchev–Trinajstić information content (AvgIpc) is 2.88. The van der Waals surface area contributed by atoms with Crippen LogP contribution >= 0.6 is 39.4 Å². The highest BCUT2D eigenvalue weighted by molar-refractivity contribution is 7.56. The first-order valence-electron chi connectivity index (χ1n) is 6.15. The molecule has 6 nitrogen and oxygen atoms in total. The Hall–Kier alpha value is 1.04. The molecule has 0 aliphatic carbocycles. The van der Waals surface area contributed by atoms with Crippen LogP contribution in [0.25, 0.3) is 0 Å². The minimum atomic E-state index is -3.60. The molecule has 0 bridgehead atoms. The lowest BCUT2D eigenvalue weighted by molar-refractivity contribution is 0.0855. The summed E-state index contributed by atoms with van der Waals surface area (Å²) < 4.78 is 39.9. The molecule has 1 heterocycles. The van der Waals surface area contributed by atoms with E-state index in [-0.39, 0.29) is 18.4 Å². The summed E-state index contributed by atoms with van der Waals surface area (Å²) >= 11 is 11.3. The molecule has 2 atom stereocenters. The van der Waals surface area contributed by atoms with Crippen LogP contribution in [0.5, 0.6) is 0 Å². The van der Waals surface area contributed by atoms with Gasteiger partial charge in [-0.2, -0.15) is 0 Å². The van der Waals surface area contributed by atoms with E-state index in [0.29, 0.717) is 13.2 Å². The van der Waals surface area contributed by atoms with Gasteiger partial charge in [0.2, 0.25) is 0 Å². The van der Waals surface area contributed by atoms with E-state index in [4.69, 9.17) is 45.8 Å². The first kappa shape index (κ1) is 19.1. The van der Waals surface area contributed by atoms with Crippen molar-refractivity contribution in [1.82, 2.24) is 0 Å². The smallest absolute Gasteiger partial charge is 0.310 e. The zero-order valence-electron chi connectivity index (χ0n) is 11.7. The highest BCUT2D eigenvalue weighted by Crippen LogP contribution is 2.65. The second-order valence-electron chi connectivity index (χ2n) is 4.52. The van der Waals surface area contributed by atoms with Gasteiger partial charge in [0.1, 0.15) is 0 Å². The molecule has 2 unspecified atom stereocenters. The summed E-state index contributed by atoms with van der Waals surface area (Å²) in [6, 6.07) is 0. The van der Waals surface area contributed by atoms with Gasteiger partial charge >= 0.3 is 16.2 Å². The number of hydrogen-bond acceptors (Lipinski definition) is 6. The lowest BCUT2D eigenvalue weighted by atomic mass is 10.5. The van der Waals surface area contributed by atoms with E-state index in [0.717, 1.165) is 0 Å². The second kappa shape index (κ2) is 8.61. The molecule has 0 N–H and O–H groups in total. The van der Waals surface area contributed by atoms with Crippen molar-refractivity contribution in [1.29, 1.82) is 0 Å². The second-order valence-corrected chi connectivity index (χ2v) is 8.89. The van der Waals surface area contributed by atoms with E-state index in [1.54, 1.807) is 20.8 Å². The lowest BCUT2D eigenvalue weighted by Crippen LogP contribution is -2.28. The van der Waals surface area contributed by atoms with Gasteiger partial charge in [0.25, 0.3) is 0 Å². The Morgan fingerprint density at radius 3 is 2.45 bits per heavy atom. The van der Waals surface area contributed by atoms with Gasteiger partial charge in [-0.25, -0.2) is 0 Å². The lowest BCUT2D eigenvalue weighted by Gasteiger charge is -2.34. The van der Waals surface area contributed by atoms with Gasteiger partial charge in [-0.3, -0.25) is 9.09 Å². The van der Waals surface area contributed by atoms with Gasteiger partial charge in [0, 0.05) is 11.8 Å². The minimum Gasteiger partial charge on any atom is -0.310 e. The van der Waals surface area contributed by atoms with E-state index < -0.39 is 27.6 Å². The van der Waals surface area contributed by atoms with Crippen molar-refractivity contribution in [2.45, 2.75) is 32.2 Å². The van der Waals surface area contributed by atoms with Crippen LogP contribution in [-0.4, -0.2) is 43.0 Å². The van der Waals surface area contributed by atoms with Crippen LogP contribution < -0.4 is 0 Å². The maximum atomic E-state index is 13.0. The predicted octanol–water partition coefficient (Wildman–Crippen LogP) is 4.11. The Morgan fingerprint density at radius 2 is 1.95 bits per heavy atom. The van der Waals surface area contributed by atoms with Crippen molar-refractivity contribution < 1.29 is 27.2 Å². The highest BCUT2D eigenvalue weighted by Gasteiger charge is 2.49. The highest BCUT2D eigenvalue weighted by atomic mass is 35.5. The van der Waals surface area contributed by atoms with Crippen molar-refractivity contribution >= 4 is 39.4 Å². The molecule has 0 radical (unpaired) electrons. The van der Waals surface area contributed by atoms with Crippen molar-refractivity contribution in [2.75, 3.05) is 31.6 Å². The third kappa shape index (κ3) is 5.35. The quantitative estimate of drug-likeness (QED) is 0.450. The molecule has 1 aliphatic heterocycles. The fourth-order valence-corrected chi connectivity index (χ4v) is 4.71. The standard InChI is InChI=1S/C10H20Cl2O6P2/c1-9(8-12)17-20(13,16-5-4-11)10(2,3)18-19-14-6-7-15-19/h9H,4-8H2,1-3H3. The average molecular weight is 369 g/mol. The Bertz CT molecular complexity index is 338. The minimum absolute atomic E-state index is 0.0836. The molecule has 1 rings (SSSR count). The molecular weight excluding hydrogens is 349 g/mol. The van der Waals surface area contributed by atoms with Crippen LogP contribution in [0.15, 0.2) is 0 Å². The topological polar surface area (TPSA) is 63.2 Å². The van der Waals surface area contributed by atoms with Crippen molar-refractivity contribution in [3.05, 3.63) is 0 Å². The van der Waals surface area contributed by atoms with Crippen molar-refractivity contribution in [2.24, 2.45) is 0 Å². The van der Waals surface area contributed by atoms with E-state index in [1.807, 2.05) is 0 Å². The van der Waals surface area contributed by atoms with Gasteiger partial charge in [-0.1, -0.05) is 0 Å². The maximum absolute atomic E-state index is 13.0. The molecule has 1 fully saturated rings. The molecule has 0 aromatic rings. The Balaban J connectivity index is 2.79. The predicted molar refractivity (Wildman–Crippen MR) is 79.5 cm³/mol. The monoisotopic (exact) mass is 368 g/mol. The molecule has 0 aromatic carbocycles. The van der Waals surface area contributed by atoms with Crippen LogP contribution in [-0.2, 0) is 27.2 Å².